The van der Waals surface area contributed by atoms with E-state index in [-0.39, 0.29) is 30.9 Å². The minimum atomic E-state index is -0.375. The first kappa shape index (κ1) is 21.3. The number of amides is 3. The molecule has 156 valence electrons. The number of benzene rings is 2. The molecule has 0 unspecified atom stereocenters. The lowest BCUT2D eigenvalue weighted by atomic mass is 9.96. The van der Waals surface area contributed by atoms with E-state index in [1.54, 1.807) is 42.3 Å². The molecule has 0 saturated carbocycles. The maximum Gasteiger partial charge on any atom is 0.251 e. The molecule has 3 rings (SSSR count). The van der Waals surface area contributed by atoms with E-state index in [4.69, 9.17) is 0 Å². The monoisotopic (exact) mass is 407 g/mol. The Morgan fingerprint density at radius 1 is 1.13 bits per heavy atom. The van der Waals surface area contributed by atoms with Gasteiger partial charge in [0.15, 0.2) is 0 Å². The van der Waals surface area contributed by atoms with Gasteiger partial charge in [0.25, 0.3) is 5.91 Å². The van der Waals surface area contributed by atoms with E-state index in [0.717, 1.165) is 35.2 Å². The summed E-state index contributed by atoms with van der Waals surface area (Å²) < 4.78 is 0. The van der Waals surface area contributed by atoms with E-state index in [0.29, 0.717) is 12.1 Å². The Morgan fingerprint density at radius 3 is 2.60 bits per heavy atom. The second-order valence-corrected chi connectivity index (χ2v) is 6.97. The first-order chi connectivity index (χ1) is 14.5. The molecule has 0 atom stereocenters. The number of carbonyl (C=O) groups excluding carboxylic acids is 3. The molecule has 3 N–H and O–H groups in total. The Hall–Kier alpha value is -3.45. The van der Waals surface area contributed by atoms with Gasteiger partial charge >= 0.3 is 0 Å². The summed E-state index contributed by atoms with van der Waals surface area (Å²) in [5.41, 5.74) is 3.94. The summed E-state index contributed by atoms with van der Waals surface area (Å²) in [5.74, 6) is -0.741. The Balaban J connectivity index is 1.57. The predicted molar refractivity (Wildman–Crippen MR) is 115 cm³/mol. The summed E-state index contributed by atoms with van der Waals surface area (Å²) >= 11 is 0. The fraction of sp³-hybridized carbons (Fsp3) is 0.261. The highest BCUT2D eigenvalue weighted by Crippen LogP contribution is 2.29. The van der Waals surface area contributed by atoms with Crippen molar-refractivity contribution in [1.82, 2.24) is 10.6 Å². The van der Waals surface area contributed by atoms with Crippen LogP contribution in [0.1, 0.15) is 33.5 Å². The maximum atomic E-state index is 12.7. The molecule has 7 nitrogen and oxygen atoms in total. The second kappa shape index (κ2) is 9.84. The van der Waals surface area contributed by atoms with Crippen molar-refractivity contribution in [1.29, 1.82) is 0 Å². The van der Waals surface area contributed by atoms with Crippen LogP contribution in [0.15, 0.2) is 48.5 Å². The zero-order chi connectivity index (χ0) is 21.5. The predicted octanol–water partition coefficient (Wildman–Crippen LogP) is 1.65. The molecule has 1 aliphatic rings. The van der Waals surface area contributed by atoms with E-state index in [1.165, 1.54) is 6.08 Å². The van der Waals surface area contributed by atoms with Crippen molar-refractivity contribution in [3.63, 3.8) is 0 Å². The average Bonchev–Trinajstić information content (AvgIpc) is 2.80. The number of anilines is 1. The number of fused-ring (bicyclic) bond motifs is 1. The lowest BCUT2D eigenvalue weighted by Gasteiger charge is -2.30. The number of aliphatic hydroxyl groups excluding tert-OH is 1. The summed E-state index contributed by atoms with van der Waals surface area (Å²) in [6.07, 6.45) is 4.62. The summed E-state index contributed by atoms with van der Waals surface area (Å²) in [6.45, 7) is 0.419. The average molecular weight is 407 g/mol. The largest absolute Gasteiger partial charge is 0.392 e. The number of hydrogen-bond donors (Lipinski definition) is 3. The normalized spacial score (nSPS) is 13.1. The quantitative estimate of drug-likeness (QED) is 0.634. The fourth-order valence-corrected chi connectivity index (χ4v) is 3.48. The number of aliphatic hydroxyl groups is 1. The molecule has 2 aromatic rings. The van der Waals surface area contributed by atoms with Crippen molar-refractivity contribution in [2.75, 3.05) is 25.0 Å². The lowest BCUT2D eigenvalue weighted by molar-refractivity contribution is -0.122. The van der Waals surface area contributed by atoms with Gasteiger partial charge in [-0.1, -0.05) is 24.3 Å². The summed E-state index contributed by atoms with van der Waals surface area (Å²) in [6, 6.07) is 12.4. The fourth-order valence-electron chi connectivity index (χ4n) is 3.48. The first-order valence-corrected chi connectivity index (χ1v) is 9.83. The Bertz CT molecular complexity index is 967. The van der Waals surface area contributed by atoms with Crippen LogP contribution in [0.2, 0.25) is 0 Å². The van der Waals surface area contributed by atoms with E-state index in [2.05, 4.69) is 10.6 Å². The molecule has 1 aliphatic heterocycles. The molecule has 0 spiro atoms. The van der Waals surface area contributed by atoms with Gasteiger partial charge in [0.05, 0.1) is 13.2 Å². The summed E-state index contributed by atoms with van der Waals surface area (Å²) in [7, 11) is 1.57. The molecule has 0 saturated heterocycles. The number of hydrogen-bond acceptors (Lipinski definition) is 4. The summed E-state index contributed by atoms with van der Waals surface area (Å²) in [5, 5.41) is 14.7. The van der Waals surface area contributed by atoms with Crippen LogP contribution in [0, 0.1) is 0 Å². The summed E-state index contributed by atoms with van der Waals surface area (Å²) in [4.78, 5) is 38.0. The van der Waals surface area contributed by atoms with Gasteiger partial charge in [-0.2, -0.15) is 0 Å². The number of nitrogens with zero attached hydrogens (tertiary/aromatic N) is 1. The van der Waals surface area contributed by atoms with Crippen LogP contribution < -0.4 is 15.5 Å². The highest BCUT2D eigenvalue weighted by atomic mass is 16.3. The van der Waals surface area contributed by atoms with Crippen molar-refractivity contribution in [3.8, 4) is 0 Å². The third-order valence-corrected chi connectivity index (χ3v) is 5.06. The third kappa shape index (κ3) is 4.93. The first-order valence-electron chi connectivity index (χ1n) is 9.83. The number of carbonyl (C=O) groups is 3. The molecule has 1 heterocycles. The molecule has 3 amide bonds. The molecular weight excluding hydrogens is 382 g/mol. The molecule has 7 heteroatoms. The van der Waals surface area contributed by atoms with Gasteiger partial charge in [0, 0.05) is 30.9 Å². The van der Waals surface area contributed by atoms with Gasteiger partial charge in [0.1, 0.15) is 0 Å². The third-order valence-electron chi connectivity index (χ3n) is 5.06. The van der Waals surface area contributed by atoms with E-state index in [9.17, 15) is 19.5 Å². The molecule has 0 radical (unpaired) electrons. The number of rotatable bonds is 6. The van der Waals surface area contributed by atoms with Crippen LogP contribution >= 0.6 is 0 Å². The molecule has 30 heavy (non-hydrogen) atoms. The van der Waals surface area contributed by atoms with Gasteiger partial charge in [-0.25, -0.2) is 0 Å². The van der Waals surface area contributed by atoms with Crippen LogP contribution in [-0.2, 0) is 22.6 Å². The molecule has 0 aromatic heterocycles. The van der Waals surface area contributed by atoms with Gasteiger partial charge in [-0.15, -0.1) is 0 Å². The van der Waals surface area contributed by atoms with Crippen molar-refractivity contribution < 1.29 is 19.5 Å². The van der Waals surface area contributed by atoms with Crippen molar-refractivity contribution >= 4 is 29.5 Å². The Labute approximate surface area is 175 Å². The van der Waals surface area contributed by atoms with Gasteiger partial charge in [-0.05, 0) is 53.8 Å². The standard InChI is InChI=1S/C23H25N3O4/c1-24-23(30)17-10-7-16(8-11-17)9-12-21(28)25-14-22(29)26-13-3-5-19-18(15-27)4-2-6-20(19)26/h2,4,6-12,27H,3,5,13-15H2,1H3,(H,24,30)(H,25,28)/b12-9+. The van der Waals surface area contributed by atoms with E-state index < -0.39 is 0 Å². The zero-order valence-electron chi connectivity index (χ0n) is 16.9. The Morgan fingerprint density at radius 2 is 1.90 bits per heavy atom. The minimum Gasteiger partial charge on any atom is -0.392 e. The zero-order valence-corrected chi connectivity index (χ0v) is 16.9. The van der Waals surface area contributed by atoms with Gasteiger partial charge in [0.2, 0.25) is 11.8 Å². The molecule has 2 aromatic carbocycles. The molecular formula is C23H25N3O4. The van der Waals surface area contributed by atoms with E-state index >= 15 is 0 Å². The number of nitrogens with one attached hydrogen (secondary N) is 2. The van der Waals surface area contributed by atoms with Crippen LogP contribution in [0.5, 0.6) is 0 Å². The van der Waals surface area contributed by atoms with Crippen molar-refractivity contribution in [3.05, 3.63) is 70.8 Å². The highest BCUT2D eigenvalue weighted by Gasteiger charge is 2.23. The smallest absolute Gasteiger partial charge is 0.251 e. The SMILES string of the molecule is CNC(=O)c1ccc(/C=C/C(=O)NCC(=O)N2CCCc3c(CO)cccc32)cc1. The Kier molecular flexibility index (Phi) is 6.98. The highest BCUT2D eigenvalue weighted by molar-refractivity contribution is 6.00. The van der Waals surface area contributed by atoms with Crippen LogP contribution in [0.3, 0.4) is 0 Å². The van der Waals surface area contributed by atoms with Crippen molar-refractivity contribution in [2.24, 2.45) is 0 Å². The minimum absolute atomic E-state index is 0.0587. The van der Waals surface area contributed by atoms with Gasteiger partial charge in [-0.3, -0.25) is 14.4 Å². The van der Waals surface area contributed by atoms with E-state index in [1.807, 2.05) is 18.2 Å². The second-order valence-electron chi connectivity index (χ2n) is 6.97. The molecule has 0 fully saturated rings. The molecule has 0 aliphatic carbocycles. The van der Waals surface area contributed by atoms with Crippen molar-refractivity contribution in [2.45, 2.75) is 19.4 Å². The maximum absolute atomic E-state index is 12.7. The topological polar surface area (TPSA) is 98.7 Å². The van der Waals surface area contributed by atoms with Crippen LogP contribution in [-0.4, -0.2) is 43.0 Å². The van der Waals surface area contributed by atoms with Gasteiger partial charge < -0.3 is 20.6 Å². The molecule has 0 bridgehead atoms. The lowest BCUT2D eigenvalue weighted by Crippen LogP contribution is -2.42. The van der Waals surface area contributed by atoms with Crippen LogP contribution in [0.25, 0.3) is 6.08 Å². The van der Waals surface area contributed by atoms with Crippen LogP contribution in [0.4, 0.5) is 5.69 Å².